The van der Waals surface area contributed by atoms with Crippen molar-refractivity contribution in [2.45, 2.75) is 6.10 Å². The van der Waals surface area contributed by atoms with Crippen LogP contribution in [0.3, 0.4) is 0 Å². The van der Waals surface area contributed by atoms with Gasteiger partial charge in [0.2, 0.25) is 0 Å². The molecule has 1 unspecified atom stereocenters. The Morgan fingerprint density at radius 3 is 2.00 bits per heavy atom. The highest BCUT2D eigenvalue weighted by atomic mass is 16.6. The summed E-state index contributed by atoms with van der Waals surface area (Å²) in [5.41, 5.74) is 0. The third-order valence-corrected chi connectivity index (χ3v) is 0.619. The van der Waals surface area contributed by atoms with Crippen molar-refractivity contribution in [1.82, 2.24) is 0 Å². The second-order valence-electron chi connectivity index (χ2n) is 1.44. The summed E-state index contributed by atoms with van der Waals surface area (Å²) in [5.74, 6) is 2.42. The van der Waals surface area contributed by atoms with Gasteiger partial charge in [-0.3, -0.25) is 0 Å². The summed E-state index contributed by atoms with van der Waals surface area (Å²) in [7, 11) is 0. The van der Waals surface area contributed by atoms with Gasteiger partial charge in [0.05, 0.1) is 19.8 Å². The minimum absolute atomic E-state index is 0.125. The fourth-order valence-corrected chi connectivity index (χ4v) is 0.144. The maximum Gasteiger partial charge on any atom is 0.141 e. The van der Waals surface area contributed by atoms with Gasteiger partial charge >= 0.3 is 0 Å². The van der Waals surface area contributed by atoms with Gasteiger partial charge in [0, 0.05) is 0 Å². The monoisotopic (exact) mass is 130 g/mol. The van der Waals surface area contributed by atoms with Crippen LogP contribution in [0.15, 0.2) is 0 Å². The third-order valence-electron chi connectivity index (χ3n) is 0.619. The van der Waals surface area contributed by atoms with Crippen molar-refractivity contribution in [2.75, 3.05) is 19.8 Å². The normalized spacial score (nSPS) is 21.2. The van der Waals surface area contributed by atoms with Crippen LogP contribution in [0.4, 0.5) is 0 Å². The van der Waals surface area contributed by atoms with Crippen LogP contribution in [0.1, 0.15) is 0 Å². The molecule has 0 saturated carbocycles. The lowest BCUT2D eigenvalue weighted by atomic mass is 10.5. The molecule has 1 rings (SSSR count). The Kier molecular flexibility index (Phi) is 5.23. The van der Waals surface area contributed by atoms with Crippen LogP contribution >= 0.6 is 0 Å². The lowest BCUT2D eigenvalue weighted by molar-refractivity contribution is 0.186. The smallest absolute Gasteiger partial charge is 0.141 e. The lowest BCUT2D eigenvalue weighted by Crippen LogP contribution is -1.85. The molecule has 3 heteroatoms. The molecular weight excluding hydrogens is 120 g/mol. The van der Waals surface area contributed by atoms with Crippen LogP contribution in [0.2, 0.25) is 0 Å². The van der Waals surface area contributed by atoms with Crippen LogP contribution < -0.4 is 0 Å². The Hall–Kier alpha value is -0.560. The molecule has 1 saturated heterocycles. The lowest BCUT2D eigenvalue weighted by Gasteiger charge is -1.70. The quantitative estimate of drug-likeness (QED) is 0.353. The molecular formula is C6H10O3. The molecule has 9 heavy (non-hydrogen) atoms. The van der Waals surface area contributed by atoms with E-state index in [9.17, 15) is 0 Å². The molecule has 3 nitrogen and oxygen atoms in total. The third kappa shape index (κ3) is 7.44. The second-order valence-corrected chi connectivity index (χ2v) is 1.44. The maximum absolute atomic E-state index is 7.62. The molecule has 0 aromatic rings. The van der Waals surface area contributed by atoms with Crippen molar-refractivity contribution in [3.8, 4) is 12.3 Å². The van der Waals surface area contributed by atoms with Crippen molar-refractivity contribution >= 4 is 0 Å². The van der Waals surface area contributed by atoms with E-state index in [4.69, 9.17) is 16.6 Å². The molecule has 0 aromatic heterocycles. The number of terminal acetylenes is 1. The largest absolute Gasteiger partial charge is 0.394 e. The molecule has 0 radical (unpaired) electrons. The Morgan fingerprint density at radius 2 is 2.00 bits per heavy atom. The zero-order valence-electron chi connectivity index (χ0n) is 5.08. The predicted molar refractivity (Wildman–Crippen MR) is 32.7 cm³/mol. The van der Waals surface area contributed by atoms with Crippen LogP contribution in [0.5, 0.6) is 0 Å². The van der Waals surface area contributed by atoms with E-state index in [-0.39, 0.29) is 19.3 Å². The molecule has 1 aliphatic heterocycles. The fourth-order valence-electron chi connectivity index (χ4n) is 0.144. The van der Waals surface area contributed by atoms with E-state index in [1.165, 1.54) is 0 Å². The van der Waals surface area contributed by atoms with Gasteiger partial charge in [-0.25, -0.2) is 0 Å². The Morgan fingerprint density at radius 1 is 1.56 bits per heavy atom. The first-order valence-electron chi connectivity index (χ1n) is 2.64. The summed E-state index contributed by atoms with van der Waals surface area (Å²) in [4.78, 5) is 0. The Labute approximate surface area is 54.3 Å². The van der Waals surface area contributed by atoms with Crippen LogP contribution in [0, 0.1) is 12.3 Å². The van der Waals surface area contributed by atoms with Gasteiger partial charge in [-0.1, -0.05) is 5.92 Å². The van der Waals surface area contributed by atoms with E-state index in [1.807, 2.05) is 0 Å². The van der Waals surface area contributed by atoms with Gasteiger partial charge in [-0.05, 0) is 0 Å². The van der Waals surface area contributed by atoms with E-state index in [0.29, 0.717) is 0 Å². The highest BCUT2D eigenvalue weighted by molar-refractivity contribution is 5.00. The van der Waals surface area contributed by atoms with Gasteiger partial charge in [-0.2, -0.15) is 0 Å². The van der Waals surface area contributed by atoms with Crippen LogP contribution in [-0.4, -0.2) is 36.1 Å². The fraction of sp³-hybridized carbons (Fsp3) is 0.667. The van der Waals surface area contributed by atoms with Crippen molar-refractivity contribution in [3.63, 3.8) is 0 Å². The average Bonchev–Trinajstić information content (AvgIpc) is 2.70. The second kappa shape index (κ2) is 5.57. The summed E-state index contributed by atoms with van der Waals surface area (Å²) < 4.78 is 4.62. The number of epoxide rings is 1. The van der Waals surface area contributed by atoms with Crippen LogP contribution in [-0.2, 0) is 4.74 Å². The van der Waals surface area contributed by atoms with E-state index < -0.39 is 0 Å². The molecule has 1 atom stereocenters. The Balaban J connectivity index is 0.000000148. The van der Waals surface area contributed by atoms with E-state index in [0.717, 1.165) is 6.61 Å². The summed E-state index contributed by atoms with van der Waals surface area (Å²) >= 11 is 0. The first kappa shape index (κ1) is 8.44. The van der Waals surface area contributed by atoms with Crippen molar-refractivity contribution in [1.29, 1.82) is 0 Å². The highest BCUT2D eigenvalue weighted by Gasteiger charge is 2.17. The van der Waals surface area contributed by atoms with Crippen molar-refractivity contribution in [3.05, 3.63) is 0 Å². The topological polar surface area (TPSA) is 53.0 Å². The first-order valence-corrected chi connectivity index (χ1v) is 2.64. The van der Waals surface area contributed by atoms with Gasteiger partial charge in [-0.15, -0.1) is 6.42 Å². The van der Waals surface area contributed by atoms with E-state index >= 15 is 0 Å². The zero-order valence-corrected chi connectivity index (χ0v) is 5.08. The van der Waals surface area contributed by atoms with Crippen molar-refractivity contribution in [2.24, 2.45) is 0 Å². The van der Waals surface area contributed by atoms with Crippen molar-refractivity contribution < 1.29 is 14.9 Å². The SMILES string of the molecule is C#CC1CO1.OCCO. The summed E-state index contributed by atoms with van der Waals surface area (Å²) in [6.45, 7) is 0.524. The number of aliphatic hydroxyl groups is 2. The zero-order chi connectivity index (χ0) is 7.11. The molecule has 2 N–H and O–H groups in total. The number of hydrogen-bond donors (Lipinski definition) is 2. The molecule has 1 heterocycles. The Bertz CT molecular complexity index is 89.0. The summed E-state index contributed by atoms with van der Waals surface area (Å²) in [6, 6.07) is 0. The highest BCUT2D eigenvalue weighted by Crippen LogP contribution is 2.04. The van der Waals surface area contributed by atoms with E-state index in [2.05, 4.69) is 10.7 Å². The molecule has 1 aliphatic rings. The van der Waals surface area contributed by atoms with Gasteiger partial charge < -0.3 is 14.9 Å². The molecule has 1 fully saturated rings. The molecule has 0 amide bonds. The minimum Gasteiger partial charge on any atom is -0.394 e. The molecule has 0 aromatic carbocycles. The number of rotatable bonds is 1. The average molecular weight is 130 g/mol. The van der Waals surface area contributed by atoms with Gasteiger partial charge in [0.15, 0.2) is 0 Å². The standard InChI is InChI=1S/C4H4O.C2H6O2/c1-2-4-3-5-4;3-1-2-4/h1,4H,3H2;3-4H,1-2H2. The predicted octanol–water partition coefficient (Wildman–Crippen LogP) is -1.01. The van der Waals surface area contributed by atoms with Gasteiger partial charge in [0.1, 0.15) is 6.10 Å². The minimum atomic E-state index is -0.125. The molecule has 0 bridgehead atoms. The summed E-state index contributed by atoms with van der Waals surface area (Å²) in [6.07, 6.45) is 5.02. The first-order chi connectivity index (χ1) is 4.35. The maximum atomic E-state index is 7.62. The number of hydrogen-bond acceptors (Lipinski definition) is 3. The van der Waals surface area contributed by atoms with Gasteiger partial charge in [0.25, 0.3) is 0 Å². The number of ether oxygens (including phenoxy) is 1. The molecule has 0 aliphatic carbocycles. The molecule has 52 valence electrons. The molecule has 0 spiro atoms. The van der Waals surface area contributed by atoms with Crippen LogP contribution in [0.25, 0.3) is 0 Å². The summed E-state index contributed by atoms with van der Waals surface area (Å²) in [5, 5.41) is 15.2. The van der Waals surface area contributed by atoms with E-state index in [1.54, 1.807) is 0 Å². The number of aliphatic hydroxyl groups excluding tert-OH is 2.